The second-order valence-corrected chi connectivity index (χ2v) is 8.16. The fourth-order valence-electron chi connectivity index (χ4n) is 3.90. The zero-order valence-electron chi connectivity index (χ0n) is 16.5. The number of anilines is 1. The number of hydrogen-bond acceptors (Lipinski definition) is 2. The molecular formula is C24H28N2O2. The molecule has 1 saturated carbocycles. The fraction of sp³-hybridized carbons (Fsp3) is 0.417. The van der Waals surface area contributed by atoms with Crippen LogP contribution in [-0.4, -0.2) is 11.8 Å². The summed E-state index contributed by atoms with van der Waals surface area (Å²) < 4.78 is 0. The quantitative estimate of drug-likeness (QED) is 0.788. The Balaban J connectivity index is 1.31. The first-order valence-corrected chi connectivity index (χ1v) is 10.4. The molecular weight excluding hydrogens is 348 g/mol. The highest BCUT2D eigenvalue weighted by molar-refractivity contribution is 5.94. The Morgan fingerprint density at radius 2 is 1.71 bits per heavy atom. The fourth-order valence-corrected chi connectivity index (χ4v) is 3.90. The molecule has 0 aromatic heterocycles. The van der Waals surface area contributed by atoms with Crippen LogP contribution in [0.3, 0.4) is 0 Å². The maximum absolute atomic E-state index is 12.5. The molecule has 2 amide bonds. The third kappa shape index (κ3) is 4.61. The molecule has 2 aliphatic rings. The summed E-state index contributed by atoms with van der Waals surface area (Å²) in [5, 5.41) is 6.03. The van der Waals surface area contributed by atoms with Gasteiger partial charge in [0.25, 0.3) is 0 Å². The highest BCUT2D eigenvalue weighted by Gasteiger charge is 2.29. The number of nitrogens with one attached hydrogen (secondary N) is 2. The van der Waals surface area contributed by atoms with Gasteiger partial charge >= 0.3 is 0 Å². The van der Waals surface area contributed by atoms with E-state index in [0.29, 0.717) is 6.42 Å². The Labute approximate surface area is 166 Å². The van der Waals surface area contributed by atoms with Crippen molar-refractivity contribution in [3.05, 3.63) is 64.7 Å². The molecule has 4 heteroatoms. The van der Waals surface area contributed by atoms with Crippen LogP contribution >= 0.6 is 0 Å². The van der Waals surface area contributed by atoms with Crippen molar-refractivity contribution in [2.45, 2.75) is 57.9 Å². The zero-order chi connectivity index (χ0) is 19.5. The lowest BCUT2D eigenvalue weighted by molar-refractivity contribution is -0.121. The minimum Gasteiger partial charge on any atom is -0.349 e. The largest absolute Gasteiger partial charge is 0.349 e. The van der Waals surface area contributed by atoms with E-state index in [1.807, 2.05) is 31.2 Å². The molecule has 0 spiro atoms. The Bertz CT molecular complexity index is 869. The topological polar surface area (TPSA) is 58.2 Å². The molecule has 2 N–H and O–H groups in total. The van der Waals surface area contributed by atoms with E-state index >= 15 is 0 Å². The Hall–Kier alpha value is -2.62. The van der Waals surface area contributed by atoms with Crippen molar-refractivity contribution >= 4 is 17.5 Å². The van der Waals surface area contributed by atoms with Gasteiger partial charge < -0.3 is 10.6 Å². The van der Waals surface area contributed by atoms with Crippen molar-refractivity contribution in [3.8, 4) is 0 Å². The number of aryl methyl sites for hydroxylation is 2. The van der Waals surface area contributed by atoms with Crippen LogP contribution < -0.4 is 10.6 Å². The van der Waals surface area contributed by atoms with Gasteiger partial charge in [-0.15, -0.1) is 0 Å². The third-order valence-corrected chi connectivity index (χ3v) is 5.78. The van der Waals surface area contributed by atoms with E-state index in [1.165, 1.54) is 24.0 Å². The van der Waals surface area contributed by atoms with Gasteiger partial charge in [-0.1, -0.05) is 30.3 Å². The smallest absolute Gasteiger partial charge is 0.227 e. The number of rotatable bonds is 6. The molecule has 2 aromatic rings. The second-order valence-electron chi connectivity index (χ2n) is 8.16. The van der Waals surface area contributed by atoms with Crippen LogP contribution in [-0.2, 0) is 28.9 Å². The lowest BCUT2D eigenvalue weighted by atomic mass is 9.90. The zero-order valence-corrected chi connectivity index (χ0v) is 16.5. The molecule has 1 atom stereocenters. The normalized spacial score (nSPS) is 16.8. The molecule has 0 heterocycles. The molecule has 4 rings (SSSR count). The number of carbonyl (C=O) groups excluding carboxylic acids is 2. The first-order valence-electron chi connectivity index (χ1n) is 10.4. The van der Waals surface area contributed by atoms with Gasteiger partial charge in [0.1, 0.15) is 0 Å². The minimum atomic E-state index is -0.0710. The lowest BCUT2D eigenvalue weighted by Crippen LogP contribution is -2.28. The van der Waals surface area contributed by atoms with Crippen LogP contribution in [0.1, 0.15) is 60.9 Å². The monoisotopic (exact) mass is 376 g/mol. The average molecular weight is 377 g/mol. The van der Waals surface area contributed by atoms with Crippen LogP contribution in [0.25, 0.3) is 0 Å². The Morgan fingerprint density at radius 3 is 2.43 bits per heavy atom. The van der Waals surface area contributed by atoms with Gasteiger partial charge in [-0.05, 0) is 79.8 Å². The number of carbonyl (C=O) groups is 2. The summed E-state index contributed by atoms with van der Waals surface area (Å²) in [5.41, 5.74) is 5.78. The van der Waals surface area contributed by atoms with Crippen molar-refractivity contribution in [2.24, 2.45) is 5.92 Å². The average Bonchev–Trinajstić information content (AvgIpc) is 3.54. The van der Waals surface area contributed by atoms with Gasteiger partial charge in [0.05, 0.1) is 12.5 Å². The van der Waals surface area contributed by atoms with Crippen LogP contribution in [0.5, 0.6) is 0 Å². The summed E-state index contributed by atoms with van der Waals surface area (Å²) in [6.07, 6.45) is 7.21. The molecule has 2 aromatic carbocycles. The second kappa shape index (κ2) is 8.17. The van der Waals surface area contributed by atoms with Crippen molar-refractivity contribution in [3.63, 3.8) is 0 Å². The van der Waals surface area contributed by atoms with Crippen molar-refractivity contribution in [1.29, 1.82) is 0 Å². The van der Waals surface area contributed by atoms with Gasteiger partial charge in [-0.25, -0.2) is 0 Å². The van der Waals surface area contributed by atoms with E-state index in [1.54, 1.807) is 0 Å². The molecule has 0 saturated heterocycles. The molecule has 28 heavy (non-hydrogen) atoms. The van der Waals surface area contributed by atoms with Gasteiger partial charge in [0.2, 0.25) is 11.8 Å². The van der Waals surface area contributed by atoms with E-state index in [-0.39, 0.29) is 23.8 Å². The summed E-state index contributed by atoms with van der Waals surface area (Å²) in [6.45, 7) is 1.99. The van der Waals surface area contributed by atoms with Gasteiger partial charge in [0, 0.05) is 11.6 Å². The first-order chi connectivity index (χ1) is 13.6. The highest BCUT2D eigenvalue weighted by atomic mass is 16.2. The first kappa shape index (κ1) is 18.7. The summed E-state index contributed by atoms with van der Waals surface area (Å²) in [4.78, 5) is 24.3. The van der Waals surface area contributed by atoms with Crippen LogP contribution in [0, 0.1) is 5.92 Å². The van der Waals surface area contributed by atoms with Gasteiger partial charge in [0.15, 0.2) is 0 Å². The van der Waals surface area contributed by atoms with Crippen molar-refractivity contribution in [1.82, 2.24) is 5.32 Å². The number of amides is 2. The molecule has 4 nitrogen and oxygen atoms in total. The number of fused-ring (bicyclic) bond motifs is 1. The van der Waals surface area contributed by atoms with E-state index in [4.69, 9.17) is 0 Å². The SMILES string of the molecule is CC(NC(=O)Cc1ccc2c(c1)CCCC2)c1ccc(NC(=O)C2CC2)cc1. The minimum absolute atomic E-state index is 0.0365. The summed E-state index contributed by atoms with van der Waals surface area (Å²) in [5.74, 6) is 0.343. The Morgan fingerprint density at radius 1 is 1.00 bits per heavy atom. The van der Waals surface area contributed by atoms with Crippen LogP contribution in [0.2, 0.25) is 0 Å². The van der Waals surface area contributed by atoms with Crippen molar-refractivity contribution < 1.29 is 9.59 Å². The predicted molar refractivity (Wildman–Crippen MR) is 111 cm³/mol. The summed E-state index contributed by atoms with van der Waals surface area (Å²) in [7, 11) is 0. The van der Waals surface area contributed by atoms with Crippen LogP contribution in [0.4, 0.5) is 5.69 Å². The predicted octanol–water partition coefficient (Wildman–Crippen LogP) is 4.33. The number of hydrogen-bond donors (Lipinski definition) is 2. The lowest BCUT2D eigenvalue weighted by Gasteiger charge is -2.18. The maximum Gasteiger partial charge on any atom is 0.227 e. The van der Waals surface area contributed by atoms with Crippen LogP contribution in [0.15, 0.2) is 42.5 Å². The number of benzene rings is 2. The molecule has 2 aliphatic carbocycles. The molecule has 1 unspecified atom stereocenters. The van der Waals surface area contributed by atoms with Crippen molar-refractivity contribution in [2.75, 3.05) is 5.32 Å². The molecule has 146 valence electrons. The van der Waals surface area contributed by atoms with E-state index in [2.05, 4.69) is 28.8 Å². The molecule has 0 radical (unpaired) electrons. The molecule has 1 fully saturated rings. The van der Waals surface area contributed by atoms with Gasteiger partial charge in [-0.2, -0.15) is 0 Å². The standard InChI is InChI=1S/C24H28N2O2/c1-16(18-10-12-22(13-11-18)26-24(28)20-8-9-20)25-23(27)15-17-6-7-19-4-2-3-5-21(19)14-17/h6-7,10-14,16,20H,2-5,8-9,15H2,1H3,(H,25,27)(H,26,28). The molecule has 0 aliphatic heterocycles. The molecule has 0 bridgehead atoms. The van der Waals surface area contributed by atoms with E-state index in [0.717, 1.165) is 42.5 Å². The highest BCUT2D eigenvalue weighted by Crippen LogP contribution is 2.30. The summed E-state index contributed by atoms with van der Waals surface area (Å²) >= 11 is 0. The Kier molecular flexibility index (Phi) is 5.47. The maximum atomic E-state index is 12.5. The third-order valence-electron chi connectivity index (χ3n) is 5.78. The van der Waals surface area contributed by atoms with Gasteiger partial charge in [-0.3, -0.25) is 9.59 Å². The van der Waals surface area contributed by atoms with E-state index in [9.17, 15) is 9.59 Å². The van der Waals surface area contributed by atoms with E-state index < -0.39 is 0 Å². The summed E-state index contributed by atoms with van der Waals surface area (Å²) in [6, 6.07) is 14.2.